The molecular weight excluding hydrogens is 250 g/mol. The fraction of sp³-hybridized carbons (Fsp3) is 0.600. The Balaban J connectivity index is 2.38. The van der Waals surface area contributed by atoms with E-state index >= 15 is 0 Å². The molecule has 18 heavy (non-hydrogen) atoms. The Morgan fingerprint density at radius 3 is 2.83 bits per heavy atom. The second kappa shape index (κ2) is 4.29. The number of aliphatic hydroxyl groups is 1. The van der Waals surface area contributed by atoms with Crippen LogP contribution < -0.4 is 11.2 Å². The van der Waals surface area contributed by atoms with Crippen molar-refractivity contribution in [1.29, 1.82) is 0 Å². The van der Waals surface area contributed by atoms with E-state index < -0.39 is 42.5 Å². The van der Waals surface area contributed by atoms with Gasteiger partial charge in [0.2, 0.25) is 0 Å². The highest BCUT2D eigenvalue weighted by Crippen LogP contribution is 2.39. The van der Waals surface area contributed by atoms with Gasteiger partial charge in [-0.15, -0.1) is 0 Å². The first-order chi connectivity index (χ1) is 8.35. The van der Waals surface area contributed by atoms with E-state index in [0.717, 1.165) is 4.57 Å². The SMILES string of the molecule is Cc1cn(C2CC(F)(F)[C@H](CO)O2)c(=O)[nH]c1=O. The zero-order valence-electron chi connectivity index (χ0n) is 9.52. The van der Waals surface area contributed by atoms with Gasteiger partial charge in [-0.2, -0.15) is 0 Å². The number of nitrogens with one attached hydrogen (secondary N) is 1. The highest BCUT2D eigenvalue weighted by Gasteiger charge is 2.50. The van der Waals surface area contributed by atoms with Crippen LogP contribution in [0, 0.1) is 6.92 Å². The molecule has 1 aromatic heterocycles. The number of nitrogens with zero attached hydrogens (tertiary/aromatic N) is 1. The van der Waals surface area contributed by atoms with Gasteiger partial charge in [-0.3, -0.25) is 14.3 Å². The molecule has 2 N–H and O–H groups in total. The first-order valence-corrected chi connectivity index (χ1v) is 5.31. The maximum Gasteiger partial charge on any atom is 0.330 e. The lowest BCUT2D eigenvalue weighted by Gasteiger charge is -2.14. The smallest absolute Gasteiger partial charge is 0.330 e. The molecule has 0 aliphatic carbocycles. The molecule has 8 heteroatoms. The quantitative estimate of drug-likeness (QED) is 0.770. The first kappa shape index (κ1) is 12.9. The number of ether oxygens (including phenoxy) is 1. The molecule has 0 aromatic carbocycles. The fourth-order valence-electron chi connectivity index (χ4n) is 1.84. The van der Waals surface area contributed by atoms with Crippen LogP contribution in [0.5, 0.6) is 0 Å². The van der Waals surface area contributed by atoms with Crippen molar-refractivity contribution in [3.05, 3.63) is 32.6 Å². The van der Waals surface area contributed by atoms with Crippen LogP contribution in [0.15, 0.2) is 15.8 Å². The summed E-state index contributed by atoms with van der Waals surface area (Å²) >= 11 is 0. The van der Waals surface area contributed by atoms with Crippen LogP contribution in [0.25, 0.3) is 0 Å². The van der Waals surface area contributed by atoms with E-state index in [2.05, 4.69) is 0 Å². The van der Waals surface area contributed by atoms with Gasteiger partial charge in [0.1, 0.15) is 12.3 Å². The van der Waals surface area contributed by atoms with E-state index in [4.69, 9.17) is 9.84 Å². The van der Waals surface area contributed by atoms with Gasteiger partial charge in [-0.05, 0) is 6.92 Å². The number of halogens is 2. The second-order valence-electron chi connectivity index (χ2n) is 4.21. The summed E-state index contributed by atoms with van der Waals surface area (Å²) in [6.07, 6.45) is -2.38. The number of aliphatic hydroxyl groups excluding tert-OH is 1. The molecule has 1 aromatic rings. The minimum atomic E-state index is -3.21. The summed E-state index contributed by atoms with van der Waals surface area (Å²) in [7, 11) is 0. The molecule has 0 amide bonds. The minimum absolute atomic E-state index is 0.217. The van der Waals surface area contributed by atoms with Gasteiger partial charge < -0.3 is 9.84 Å². The Kier molecular flexibility index (Phi) is 3.07. The first-order valence-electron chi connectivity index (χ1n) is 5.31. The normalized spacial score (nSPS) is 26.4. The van der Waals surface area contributed by atoms with Gasteiger partial charge in [0.05, 0.1) is 13.0 Å². The van der Waals surface area contributed by atoms with Gasteiger partial charge in [-0.25, -0.2) is 13.6 Å². The van der Waals surface area contributed by atoms with E-state index in [1.165, 1.54) is 13.1 Å². The summed E-state index contributed by atoms with van der Waals surface area (Å²) < 4.78 is 32.6. The number of rotatable bonds is 2. The lowest BCUT2D eigenvalue weighted by Crippen LogP contribution is -2.33. The largest absolute Gasteiger partial charge is 0.393 e. The number of H-pyrrole nitrogens is 1. The summed E-state index contributed by atoms with van der Waals surface area (Å²) in [4.78, 5) is 24.7. The molecule has 0 bridgehead atoms. The zero-order valence-corrected chi connectivity index (χ0v) is 9.52. The van der Waals surface area contributed by atoms with Crippen molar-refractivity contribution in [3.8, 4) is 0 Å². The lowest BCUT2D eigenvalue weighted by molar-refractivity contribution is -0.102. The number of alkyl halides is 2. The Hall–Kier alpha value is -1.54. The molecule has 1 unspecified atom stereocenters. The standard InChI is InChI=1S/C10H12F2N2O4/c1-5-3-14(9(17)13-8(5)16)7-2-10(11,12)6(4-15)18-7/h3,6-7,15H,2,4H2,1H3,(H,13,16,17)/t6-,7?/m0/s1. The summed E-state index contributed by atoms with van der Waals surface area (Å²) in [5.41, 5.74) is -1.17. The molecule has 1 aliphatic heterocycles. The van der Waals surface area contributed by atoms with E-state index in [1.54, 1.807) is 0 Å². The maximum absolute atomic E-state index is 13.4. The van der Waals surface area contributed by atoms with E-state index in [9.17, 15) is 18.4 Å². The van der Waals surface area contributed by atoms with Crippen molar-refractivity contribution in [2.75, 3.05) is 6.61 Å². The Labute approximate surface area is 99.8 Å². The molecule has 2 atom stereocenters. The summed E-state index contributed by atoms with van der Waals surface area (Å²) in [5.74, 6) is -3.21. The third-order valence-electron chi connectivity index (χ3n) is 2.86. The highest BCUT2D eigenvalue weighted by molar-refractivity contribution is 5.02. The Morgan fingerprint density at radius 1 is 1.61 bits per heavy atom. The predicted molar refractivity (Wildman–Crippen MR) is 56.6 cm³/mol. The monoisotopic (exact) mass is 262 g/mol. The van der Waals surface area contributed by atoms with Crippen molar-refractivity contribution in [2.24, 2.45) is 0 Å². The summed E-state index contributed by atoms with van der Waals surface area (Å²) in [5, 5.41) is 8.78. The minimum Gasteiger partial charge on any atom is -0.393 e. The van der Waals surface area contributed by atoms with E-state index in [1.807, 2.05) is 4.98 Å². The summed E-state index contributed by atoms with van der Waals surface area (Å²) in [6.45, 7) is 0.617. The molecule has 0 radical (unpaired) electrons. The molecule has 6 nitrogen and oxygen atoms in total. The fourth-order valence-corrected chi connectivity index (χ4v) is 1.84. The molecule has 1 aliphatic rings. The van der Waals surface area contributed by atoms with Gasteiger partial charge >= 0.3 is 5.69 Å². The number of aromatic nitrogens is 2. The zero-order chi connectivity index (χ0) is 13.5. The Morgan fingerprint density at radius 2 is 2.28 bits per heavy atom. The number of hydrogen-bond donors (Lipinski definition) is 2. The molecule has 0 spiro atoms. The Bertz CT molecular complexity index is 566. The van der Waals surface area contributed by atoms with Gasteiger partial charge in [0.15, 0.2) is 0 Å². The third-order valence-corrected chi connectivity index (χ3v) is 2.86. The lowest BCUT2D eigenvalue weighted by atomic mass is 10.1. The van der Waals surface area contributed by atoms with Crippen LogP contribution in [-0.2, 0) is 4.74 Å². The molecular formula is C10H12F2N2O4. The van der Waals surface area contributed by atoms with Gasteiger partial charge in [0.25, 0.3) is 11.5 Å². The van der Waals surface area contributed by atoms with Crippen molar-refractivity contribution < 1.29 is 18.6 Å². The van der Waals surface area contributed by atoms with Crippen molar-refractivity contribution in [3.63, 3.8) is 0 Å². The average Bonchev–Trinajstić information content (AvgIpc) is 2.58. The third kappa shape index (κ3) is 2.08. The number of aryl methyl sites for hydroxylation is 1. The van der Waals surface area contributed by atoms with Gasteiger partial charge in [-0.1, -0.05) is 0 Å². The van der Waals surface area contributed by atoms with Crippen LogP contribution in [0.4, 0.5) is 8.78 Å². The van der Waals surface area contributed by atoms with Crippen LogP contribution in [0.3, 0.4) is 0 Å². The topological polar surface area (TPSA) is 84.3 Å². The van der Waals surface area contributed by atoms with Crippen molar-refractivity contribution >= 4 is 0 Å². The van der Waals surface area contributed by atoms with E-state index in [-0.39, 0.29) is 5.56 Å². The van der Waals surface area contributed by atoms with Crippen LogP contribution in [-0.4, -0.2) is 33.3 Å². The average molecular weight is 262 g/mol. The predicted octanol–water partition coefficient (Wildman–Crippen LogP) is -0.240. The highest BCUT2D eigenvalue weighted by atomic mass is 19.3. The van der Waals surface area contributed by atoms with E-state index in [0.29, 0.717) is 0 Å². The van der Waals surface area contributed by atoms with Crippen LogP contribution in [0.1, 0.15) is 18.2 Å². The van der Waals surface area contributed by atoms with Crippen molar-refractivity contribution in [2.45, 2.75) is 31.6 Å². The second-order valence-corrected chi connectivity index (χ2v) is 4.21. The molecule has 1 fully saturated rings. The molecule has 100 valence electrons. The van der Waals surface area contributed by atoms with Crippen LogP contribution in [0.2, 0.25) is 0 Å². The molecule has 0 saturated carbocycles. The molecule has 1 saturated heterocycles. The number of aromatic amines is 1. The van der Waals surface area contributed by atoms with Gasteiger partial charge in [0, 0.05) is 11.8 Å². The molecule has 2 heterocycles. The molecule has 2 rings (SSSR count). The summed E-state index contributed by atoms with van der Waals surface area (Å²) in [6, 6.07) is 0. The van der Waals surface area contributed by atoms with Crippen LogP contribution >= 0.6 is 0 Å². The number of hydrogen-bond acceptors (Lipinski definition) is 4. The van der Waals surface area contributed by atoms with Crippen molar-refractivity contribution in [1.82, 2.24) is 9.55 Å². The maximum atomic E-state index is 13.4.